The molecule has 1 unspecified atom stereocenters. The molecule has 0 bridgehead atoms. The molecule has 2 rings (SSSR count). The Bertz CT molecular complexity index is 588. The number of rotatable bonds is 6. The highest BCUT2D eigenvalue weighted by Crippen LogP contribution is 2.61. The fourth-order valence-electron chi connectivity index (χ4n) is 2.15. The minimum atomic E-state index is -3.46. The Kier molecular flexibility index (Phi) is 5.81. The Hall–Kier alpha value is -1.13. The van der Waals surface area contributed by atoms with Gasteiger partial charge in [0.1, 0.15) is 0 Å². The van der Waals surface area contributed by atoms with Crippen LogP contribution in [0.4, 0.5) is 0 Å². The Morgan fingerprint density at radius 2 is 1.95 bits per heavy atom. The van der Waals surface area contributed by atoms with Crippen molar-refractivity contribution in [1.82, 2.24) is 0 Å². The van der Waals surface area contributed by atoms with Gasteiger partial charge in [-0.3, -0.25) is 9.36 Å². The number of benzene rings is 1. The molecule has 120 valence electrons. The van der Waals surface area contributed by atoms with Crippen molar-refractivity contribution >= 4 is 25.2 Å². The third-order valence-electron chi connectivity index (χ3n) is 3.28. The summed E-state index contributed by atoms with van der Waals surface area (Å²) in [7, 11) is -3.46. The molecule has 0 radical (unpaired) electrons. The molecule has 5 nitrogen and oxygen atoms in total. The molecule has 0 amide bonds. The summed E-state index contributed by atoms with van der Waals surface area (Å²) < 4.78 is 27.9. The monoisotopic (exact) mass is 344 g/mol. The molecule has 1 aromatic rings. The largest absolute Gasteiger partial charge is 0.466 e. The minimum absolute atomic E-state index is 0.137. The van der Waals surface area contributed by atoms with E-state index in [4.69, 9.17) is 25.4 Å². The molecule has 0 aromatic heterocycles. The van der Waals surface area contributed by atoms with Gasteiger partial charge in [-0.2, -0.15) is 0 Å². The predicted molar refractivity (Wildman–Crippen MR) is 83.9 cm³/mol. The average Bonchev–Trinajstić information content (AvgIpc) is 2.94. The number of ether oxygens (including phenoxy) is 1. The van der Waals surface area contributed by atoms with Crippen molar-refractivity contribution in [2.45, 2.75) is 13.3 Å². The molecular weight excluding hydrogens is 327 g/mol. The van der Waals surface area contributed by atoms with Gasteiger partial charge in [-0.05, 0) is 31.0 Å². The van der Waals surface area contributed by atoms with Crippen LogP contribution in [0.25, 0.3) is 0 Å². The van der Waals surface area contributed by atoms with Crippen LogP contribution in [0, 0.1) is 5.92 Å². The fraction of sp³-hybridized carbons (Fsp3) is 0.400. The van der Waals surface area contributed by atoms with Crippen molar-refractivity contribution in [1.29, 1.82) is 0 Å². The molecule has 0 spiro atoms. The zero-order valence-corrected chi connectivity index (χ0v) is 13.9. The second-order valence-corrected chi connectivity index (χ2v) is 7.31. The first-order valence-corrected chi connectivity index (χ1v) is 8.88. The second-order valence-electron chi connectivity index (χ2n) is 4.79. The minimum Gasteiger partial charge on any atom is -0.466 e. The number of carbonyl (C=O) groups is 1. The van der Waals surface area contributed by atoms with E-state index in [1.54, 1.807) is 31.2 Å². The zero-order valence-electron chi connectivity index (χ0n) is 12.3. The lowest BCUT2D eigenvalue weighted by atomic mass is 9.99. The third kappa shape index (κ3) is 3.99. The molecule has 7 heteroatoms. The number of hydrogen-bond acceptors (Lipinski definition) is 5. The maximum atomic E-state index is 12.5. The van der Waals surface area contributed by atoms with Gasteiger partial charge in [0.15, 0.2) is 0 Å². The van der Waals surface area contributed by atoms with Gasteiger partial charge in [0.2, 0.25) is 0 Å². The van der Waals surface area contributed by atoms with E-state index in [-0.39, 0.29) is 25.1 Å². The molecule has 22 heavy (non-hydrogen) atoms. The summed E-state index contributed by atoms with van der Waals surface area (Å²) in [5.41, 5.74) is 0.856. The number of esters is 1. The SMILES string of the molecule is C=C(C(Cc1ccc(Cl)cc1)C(=O)OCC)P1(=O)OCCO1. The zero-order chi connectivity index (χ0) is 16.2. The Labute approximate surface area is 134 Å². The van der Waals surface area contributed by atoms with Crippen LogP contribution in [-0.4, -0.2) is 25.8 Å². The van der Waals surface area contributed by atoms with Crippen molar-refractivity contribution in [2.75, 3.05) is 19.8 Å². The van der Waals surface area contributed by atoms with Crippen molar-refractivity contribution in [3.8, 4) is 0 Å². The van der Waals surface area contributed by atoms with E-state index in [1.165, 1.54) is 0 Å². The Balaban J connectivity index is 2.22. The van der Waals surface area contributed by atoms with Gasteiger partial charge in [0.05, 0.1) is 25.7 Å². The standard InChI is InChI=1S/C15H18ClO5P/c1-3-19-15(17)14(10-12-4-6-13(16)7-5-12)11(2)22(18)20-8-9-21-22/h4-7,14H,2-3,8-10H2,1H3. The van der Waals surface area contributed by atoms with Crippen molar-refractivity contribution < 1.29 is 23.1 Å². The molecule has 0 saturated carbocycles. The molecule has 1 atom stereocenters. The van der Waals surface area contributed by atoms with Gasteiger partial charge in [0, 0.05) is 10.3 Å². The Morgan fingerprint density at radius 3 is 2.50 bits per heavy atom. The van der Waals surface area contributed by atoms with E-state index in [9.17, 15) is 9.36 Å². The van der Waals surface area contributed by atoms with E-state index in [1.807, 2.05) is 0 Å². The Morgan fingerprint density at radius 1 is 1.36 bits per heavy atom. The summed E-state index contributed by atoms with van der Waals surface area (Å²) >= 11 is 5.86. The van der Waals surface area contributed by atoms with Crippen molar-refractivity contribution in [2.24, 2.45) is 5.92 Å². The van der Waals surface area contributed by atoms with Crippen LogP contribution < -0.4 is 0 Å². The van der Waals surface area contributed by atoms with Crippen LogP contribution in [0.5, 0.6) is 0 Å². The van der Waals surface area contributed by atoms with E-state index >= 15 is 0 Å². The molecule has 0 N–H and O–H groups in total. The summed E-state index contributed by atoms with van der Waals surface area (Å²) in [6.07, 6.45) is 0.297. The van der Waals surface area contributed by atoms with Gasteiger partial charge in [-0.1, -0.05) is 30.3 Å². The predicted octanol–water partition coefficient (Wildman–Crippen LogP) is 3.82. The van der Waals surface area contributed by atoms with Gasteiger partial charge in [-0.25, -0.2) is 0 Å². The van der Waals surface area contributed by atoms with Gasteiger partial charge in [0.25, 0.3) is 0 Å². The number of halogens is 1. The molecule has 1 saturated heterocycles. The summed E-state index contributed by atoms with van der Waals surface area (Å²) in [6.45, 7) is 6.19. The lowest BCUT2D eigenvalue weighted by Crippen LogP contribution is -2.22. The highest BCUT2D eigenvalue weighted by molar-refractivity contribution is 7.58. The van der Waals surface area contributed by atoms with Gasteiger partial charge in [-0.15, -0.1) is 0 Å². The van der Waals surface area contributed by atoms with Crippen LogP contribution >= 0.6 is 19.2 Å². The first-order valence-electron chi connectivity index (χ1n) is 6.96. The topological polar surface area (TPSA) is 61.8 Å². The second kappa shape index (κ2) is 7.42. The first kappa shape index (κ1) is 17.2. The molecule has 0 aliphatic carbocycles. The molecule has 1 aliphatic heterocycles. The van der Waals surface area contributed by atoms with Crippen LogP contribution in [0.2, 0.25) is 5.02 Å². The fourth-order valence-corrected chi connectivity index (χ4v) is 3.89. The van der Waals surface area contributed by atoms with Crippen molar-refractivity contribution in [3.05, 3.63) is 46.7 Å². The van der Waals surface area contributed by atoms with Crippen molar-refractivity contribution in [3.63, 3.8) is 0 Å². The van der Waals surface area contributed by atoms with E-state index in [2.05, 4.69) is 6.58 Å². The summed E-state index contributed by atoms with van der Waals surface area (Å²) in [6, 6.07) is 7.06. The van der Waals surface area contributed by atoms with Crippen LogP contribution in [0.3, 0.4) is 0 Å². The van der Waals surface area contributed by atoms with E-state index < -0.39 is 19.5 Å². The maximum Gasteiger partial charge on any atom is 0.357 e. The average molecular weight is 345 g/mol. The smallest absolute Gasteiger partial charge is 0.357 e. The van der Waals surface area contributed by atoms with Gasteiger partial charge < -0.3 is 13.8 Å². The molecule has 1 aliphatic rings. The lowest BCUT2D eigenvalue weighted by Gasteiger charge is -2.21. The first-order chi connectivity index (χ1) is 10.5. The summed E-state index contributed by atoms with van der Waals surface area (Å²) in [5, 5.41) is 0.740. The normalized spacial score (nSPS) is 17.9. The van der Waals surface area contributed by atoms with Crippen LogP contribution in [0.15, 0.2) is 36.2 Å². The molecule has 1 aromatic carbocycles. The lowest BCUT2D eigenvalue weighted by molar-refractivity contribution is -0.146. The van der Waals surface area contributed by atoms with E-state index in [0.29, 0.717) is 11.4 Å². The van der Waals surface area contributed by atoms with Gasteiger partial charge >= 0.3 is 13.6 Å². The van der Waals surface area contributed by atoms with E-state index in [0.717, 1.165) is 5.56 Å². The summed E-state index contributed by atoms with van der Waals surface area (Å²) in [4.78, 5) is 12.2. The molecule has 1 fully saturated rings. The van der Waals surface area contributed by atoms with Crippen LogP contribution in [-0.2, 0) is 29.6 Å². The molecule has 1 heterocycles. The molecular formula is C15H18ClO5P. The maximum absolute atomic E-state index is 12.5. The number of hydrogen-bond donors (Lipinski definition) is 0. The third-order valence-corrected chi connectivity index (χ3v) is 5.60. The quantitative estimate of drug-likeness (QED) is 0.580. The highest BCUT2D eigenvalue weighted by atomic mass is 35.5. The summed E-state index contributed by atoms with van der Waals surface area (Å²) in [5.74, 6) is -1.28. The van der Waals surface area contributed by atoms with Crippen LogP contribution in [0.1, 0.15) is 12.5 Å². The highest BCUT2D eigenvalue weighted by Gasteiger charge is 2.41. The number of carbonyl (C=O) groups excluding carboxylic acids is 1.